The lowest BCUT2D eigenvalue weighted by atomic mass is 10.0. The van der Waals surface area contributed by atoms with Crippen LogP contribution in [0.1, 0.15) is 33.1 Å². The molecular formula is C9H15NO. The highest BCUT2D eigenvalue weighted by molar-refractivity contribution is 5.76. The minimum absolute atomic E-state index is 0.192. The summed E-state index contributed by atoms with van der Waals surface area (Å²) in [4.78, 5) is 11.0. The molecule has 0 unspecified atom stereocenters. The molecule has 0 aromatic heterocycles. The average molecular weight is 153 g/mol. The maximum atomic E-state index is 11.0. The first-order valence-corrected chi connectivity index (χ1v) is 4.12. The second-order valence-corrected chi connectivity index (χ2v) is 3.19. The van der Waals surface area contributed by atoms with Crippen LogP contribution in [0.3, 0.4) is 0 Å². The van der Waals surface area contributed by atoms with Gasteiger partial charge in [-0.15, -0.1) is 0 Å². The zero-order chi connectivity index (χ0) is 8.27. The number of hydrogen-bond donors (Lipinski definition) is 1. The quantitative estimate of drug-likeness (QED) is 0.526. The number of carbonyl (C=O) groups is 1. The van der Waals surface area contributed by atoms with E-state index in [9.17, 15) is 4.79 Å². The Hall–Kier alpha value is -0.790. The van der Waals surface area contributed by atoms with Gasteiger partial charge < -0.3 is 5.32 Å². The maximum absolute atomic E-state index is 11.0. The second kappa shape index (κ2) is 3.56. The van der Waals surface area contributed by atoms with E-state index in [-0.39, 0.29) is 5.91 Å². The average Bonchev–Trinajstić information content (AvgIpc) is 1.98. The minimum atomic E-state index is 0.192. The fraction of sp³-hybridized carbons (Fsp3) is 0.667. The second-order valence-electron chi connectivity index (χ2n) is 3.19. The standard InChI is InChI=1S/C9H15NO/c1-7-4-3-5-9(11)10-6-8(7)2/h3-6H2,1-2H3,(H,10,11). The Kier molecular flexibility index (Phi) is 2.69. The summed E-state index contributed by atoms with van der Waals surface area (Å²) < 4.78 is 0. The van der Waals surface area contributed by atoms with Crippen molar-refractivity contribution in [2.45, 2.75) is 33.1 Å². The molecule has 0 saturated heterocycles. The van der Waals surface area contributed by atoms with E-state index in [1.54, 1.807) is 0 Å². The van der Waals surface area contributed by atoms with Gasteiger partial charge in [0.1, 0.15) is 0 Å². The SMILES string of the molecule is CC1=C(C)CNC(=O)CCC1. The molecular weight excluding hydrogens is 138 g/mol. The van der Waals surface area contributed by atoms with Gasteiger partial charge in [-0.3, -0.25) is 4.79 Å². The Morgan fingerprint density at radius 3 is 2.64 bits per heavy atom. The van der Waals surface area contributed by atoms with Gasteiger partial charge in [-0.2, -0.15) is 0 Å². The molecule has 0 radical (unpaired) electrons. The van der Waals surface area contributed by atoms with Crippen molar-refractivity contribution in [1.82, 2.24) is 5.32 Å². The molecule has 0 aliphatic carbocycles. The minimum Gasteiger partial charge on any atom is -0.352 e. The van der Waals surface area contributed by atoms with Gasteiger partial charge in [-0.05, 0) is 26.7 Å². The van der Waals surface area contributed by atoms with Crippen LogP contribution in [0.15, 0.2) is 11.1 Å². The Balaban J connectivity index is 2.61. The van der Waals surface area contributed by atoms with E-state index < -0.39 is 0 Å². The number of amides is 1. The Morgan fingerprint density at radius 1 is 1.18 bits per heavy atom. The number of hydrogen-bond acceptors (Lipinski definition) is 1. The van der Waals surface area contributed by atoms with Crippen molar-refractivity contribution in [1.29, 1.82) is 0 Å². The first-order chi connectivity index (χ1) is 5.20. The van der Waals surface area contributed by atoms with Crippen LogP contribution in [0.25, 0.3) is 0 Å². The molecule has 0 saturated carbocycles. The summed E-state index contributed by atoms with van der Waals surface area (Å²) in [6.45, 7) is 4.97. The molecule has 0 spiro atoms. The molecule has 0 fully saturated rings. The Morgan fingerprint density at radius 2 is 1.91 bits per heavy atom. The van der Waals surface area contributed by atoms with Crippen molar-refractivity contribution >= 4 is 5.91 Å². The van der Waals surface area contributed by atoms with Gasteiger partial charge in [0.05, 0.1) is 0 Å². The van der Waals surface area contributed by atoms with Crippen LogP contribution >= 0.6 is 0 Å². The Labute approximate surface area is 67.7 Å². The molecule has 0 atom stereocenters. The lowest BCUT2D eigenvalue weighted by Gasteiger charge is -2.13. The highest BCUT2D eigenvalue weighted by Gasteiger charge is 2.06. The van der Waals surface area contributed by atoms with Crippen LogP contribution in [-0.2, 0) is 4.79 Å². The molecule has 1 heterocycles. The summed E-state index contributed by atoms with van der Waals surface area (Å²) in [6.07, 6.45) is 2.76. The fourth-order valence-corrected chi connectivity index (χ4v) is 1.20. The van der Waals surface area contributed by atoms with Gasteiger partial charge in [0.25, 0.3) is 0 Å². The highest BCUT2D eigenvalue weighted by Crippen LogP contribution is 2.13. The van der Waals surface area contributed by atoms with E-state index in [1.807, 2.05) is 0 Å². The number of carbonyl (C=O) groups excluding carboxylic acids is 1. The number of rotatable bonds is 0. The third-order valence-corrected chi connectivity index (χ3v) is 2.23. The molecule has 1 rings (SSSR count). The maximum Gasteiger partial charge on any atom is 0.220 e. The van der Waals surface area contributed by atoms with Gasteiger partial charge in [0, 0.05) is 13.0 Å². The summed E-state index contributed by atoms with van der Waals surface area (Å²) in [6, 6.07) is 0. The highest BCUT2D eigenvalue weighted by atomic mass is 16.1. The lowest BCUT2D eigenvalue weighted by Crippen LogP contribution is -2.26. The van der Waals surface area contributed by atoms with E-state index in [0.29, 0.717) is 6.42 Å². The summed E-state index contributed by atoms with van der Waals surface area (Å²) in [5.41, 5.74) is 2.75. The van der Waals surface area contributed by atoms with Crippen molar-refractivity contribution in [3.63, 3.8) is 0 Å². The zero-order valence-corrected chi connectivity index (χ0v) is 7.24. The first-order valence-electron chi connectivity index (χ1n) is 4.12. The zero-order valence-electron chi connectivity index (χ0n) is 7.24. The molecule has 11 heavy (non-hydrogen) atoms. The summed E-state index contributed by atoms with van der Waals surface area (Å²) >= 11 is 0. The van der Waals surface area contributed by atoms with Crippen LogP contribution in [0.4, 0.5) is 0 Å². The summed E-state index contributed by atoms with van der Waals surface area (Å²) in [7, 11) is 0. The number of nitrogens with one attached hydrogen (secondary N) is 1. The Bertz CT molecular complexity index is 194. The third kappa shape index (κ3) is 2.37. The summed E-state index contributed by atoms with van der Waals surface area (Å²) in [5.74, 6) is 0.192. The molecule has 1 aliphatic rings. The van der Waals surface area contributed by atoms with Crippen molar-refractivity contribution in [3.05, 3.63) is 11.1 Å². The van der Waals surface area contributed by atoms with Crippen LogP contribution in [0, 0.1) is 0 Å². The lowest BCUT2D eigenvalue weighted by molar-refractivity contribution is -0.121. The topological polar surface area (TPSA) is 29.1 Å². The largest absolute Gasteiger partial charge is 0.352 e. The first kappa shape index (κ1) is 8.31. The van der Waals surface area contributed by atoms with Gasteiger partial charge in [0.2, 0.25) is 5.91 Å². The third-order valence-electron chi connectivity index (χ3n) is 2.23. The molecule has 2 heteroatoms. The van der Waals surface area contributed by atoms with Crippen molar-refractivity contribution in [2.24, 2.45) is 0 Å². The molecule has 1 amide bonds. The van der Waals surface area contributed by atoms with E-state index in [0.717, 1.165) is 19.4 Å². The number of allylic oxidation sites excluding steroid dienone is 1. The molecule has 2 nitrogen and oxygen atoms in total. The van der Waals surface area contributed by atoms with E-state index in [4.69, 9.17) is 0 Å². The van der Waals surface area contributed by atoms with Crippen LogP contribution in [0.2, 0.25) is 0 Å². The van der Waals surface area contributed by atoms with Gasteiger partial charge in [-0.25, -0.2) is 0 Å². The monoisotopic (exact) mass is 153 g/mol. The predicted octanol–water partition coefficient (Wildman–Crippen LogP) is 1.62. The molecule has 0 bridgehead atoms. The van der Waals surface area contributed by atoms with Crippen molar-refractivity contribution in [2.75, 3.05) is 6.54 Å². The van der Waals surface area contributed by atoms with Crippen LogP contribution in [-0.4, -0.2) is 12.5 Å². The van der Waals surface area contributed by atoms with E-state index in [2.05, 4.69) is 19.2 Å². The van der Waals surface area contributed by atoms with Gasteiger partial charge in [0.15, 0.2) is 0 Å². The molecule has 1 N–H and O–H groups in total. The smallest absolute Gasteiger partial charge is 0.220 e. The van der Waals surface area contributed by atoms with Crippen LogP contribution < -0.4 is 5.32 Å². The van der Waals surface area contributed by atoms with Crippen molar-refractivity contribution in [3.8, 4) is 0 Å². The summed E-state index contributed by atoms with van der Waals surface area (Å²) in [5, 5.41) is 2.87. The molecule has 1 aliphatic heterocycles. The predicted molar refractivity (Wildman–Crippen MR) is 45.2 cm³/mol. The fourth-order valence-electron chi connectivity index (χ4n) is 1.20. The van der Waals surface area contributed by atoms with Gasteiger partial charge >= 0.3 is 0 Å². The molecule has 62 valence electrons. The van der Waals surface area contributed by atoms with Gasteiger partial charge in [-0.1, -0.05) is 11.1 Å². The van der Waals surface area contributed by atoms with E-state index >= 15 is 0 Å². The normalized spacial score (nSPS) is 20.7. The van der Waals surface area contributed by atoms with Crippen LogP contribution in [0.5, 0.6) is 0 Å². The molecule has 0 aromatic carbocycles. The van der Waals surface area contributed by atoms with Crippen molar-refractivity contribution < 1.29 is 4.79 Å². The molecule has 0 aromatic rings. The van der Waals surface area contributed by atoms with E-state index in [1.165, 1.54) is 11.1 Å².